The van der Waals surface area contributed by atoms with Crippen LogP contribution in [0.5, 0.6) is 5.75 Å². The van der Waals surface area contributed by atoms with Gasteiger partial charge in [-0.05, 0) is 50.6 Å². The summed E-state index contributed by atoms with van der Waals surface area (Å²) in [5.41, 5.74) is 1.33. The van der Waals surface area contributed by atoms with E-state index in [1.165, 1.54) is 0 Å². The van der Waals surface area contributed by atoms with Gasteiger partial charge in [0, 0.05) is 35.5 Å². The van der Waals surface area contributed by atoms with E-state index >= 15 is 0 Å². The number of H-pyrrole nitrogens is 1. The van der Waals surface area contributed by atoms with Gasteiger partial charge in [-0.15, -0.1) is 0 Å². The number of rotatable bonds is 7. The number of fused-ring (bicyclic) bond motifs is 1. The number of para-hydroxylation sites is 1. The monoisotopic (exact) mass is 420 g/mol. The second-order valence-electron chi connectivity index (χ2n) is 7.92. The highest BCUT2D eigenvalue weighted by Crippen LogP contribution is 2.24. The van der Waals surface area contributed by atoms with Crippen LogP contribution in [0.2, 0.25) is 0 Å². The molecule has 0 fully saturated rings. The maximum atomic E-state index is 13.1. The van der Waals surface area contributed by atoms with Crippen molar-refractivity contribution in [2.75, 3.05) is 6.61 Å². The molecule has 4 N–H and O–H groups in total. The molecule has 2 aromatic carbocycles. The molecule has 6 nitrogen and oxygen atoms in total. The highest BCUT2D eigenvalue weighted by Gasteiger charge is 2.27. The van der Waals surface area contributed by atoms with Gasteiger partial charge in [-0.3, -0.25) is 4.79 Å². The first-order valence-corrected chi connectivity index (χ1v) is 10.3. The topological polar surface area (TPSA) is 94.6 Å². The molecule has 162 valence electrons. The average Bonchev–Trinajstić information content (AvgIpc) is 3.10. The molecule has 1 aromatic heterocycles. The van der Waals surface area contributed by atoms with Crippen molar-refractivity contribution < 1.29 is 19.7 Å². The molecule has 31 heavy (non-hydrogen) atoms. The summed E-state index contributed by atoms with van der Waals surface area (Å²) in [6.07, 6.45) is 2.31. The Balaban J connectivity index is 1.84. The SMILES string of the molecule is CC(C)Oc1ccc(C#CCCO)cc1C(=O)N[C@](C)(O)Cc1c[nH]c2ccccc12. The Morgan fingerprint density at radius 3 is 2.77 bits per heavy atom. The minimum atomic E-state index is -1.48. The third kappa shape index (κ3) is 5.88. The Morgan fingerprint density at radius 1 is 1.26 bits per heavy atom. The summed E-state index contributed by atoms with van der Waals surface area (Å²) >= 11 is 0. The van der Waals surface area contributed by atoms with E-state index in [9.17, 15) is 9.90 Å². The summed E-state index contributed by atoms with van der Waals surface area (Å²) in [5, 5.41) is 23.6. The summed E-state index contributed by atoms with van der Waals surface area (Å²) < 4.78 is 5.79. The number of aliphatic hydroxyl groups is 2. The van der Waals surface area contributed by atoms with Gasteiger partial charge in [0.15, 0.2) is 0 Å². The molecule has 0 unspecified atom stereocenters. The van der Waals surface area contributed by atoms with Crippen LogP contribution in [0.15, 0.2) is 48.7 Å². The summed E-state index contributed by atoms with van der Waals surface area (Å²) in [6, 6.07) is 12.9. The molecule has 1 amide bonds. The highest BCUT2D eigenvalue weighted by molar-refractivity contribution is 5.97. The Bertz CT molecular complexity index is 1120. The molecule has 0 bridgehead atoms. The Morgan fingerprint density at radius 2 is 2.03 bits per heavy atom. The van der Waals surface area contributed by atoms with Gasteiger partial charge in [-0.25, -0.2) is 0 Å². The van der Waals surface area contributed by atoms with Gasteiger partial charge >= 0.3 is 0 Å². The number of carbonyl (C=O) groups is 1. The summed E-state index contributed by atoms with van der Waals surface area (Å²) in [5.74, 6) is 5.74. The number of ether oxygens (including phenoxy) is 1. The fourth-order valence-electron chi connectivity index (χ4n) is 3.37. The smallest absolute Gasteiger partial charge is 0.257 e. The van der Waals surface area contributed by atoms with Crippen LogP contribution in [0.1, 0.15) is 48.7 Å². The molecule has 1 atom stereocenters. The summed E-state index contributed by atoms with van der Waals surface area (Å²) in [4.78, 5) is 16.3. The van der Waals surface area contributed by atoms with E-state index in [2.05, 4.69) is 22.1 Å². The van der Waals surface area contributed by atoms with Crippen molar-refractivity contribution in [3.05, 3.63) is 65.4 Å². The fourth-order valence-corrected chi connectivity index (χ4v) is 3.37. The molecule has 3 rings (SSSR count). The van der Waals surface area contributed by atoms with Crippen molar-refractivity contribution in [2.45, 2.75) is 45.4 Å². The summed E-state index contributed by atoms with van der Waals surface area (Å²) in [6.45, 7) is 5.31. The molecular formula is C25H28N2O4. The number of carbonyl (C=O) groups excluding carboxylic acids is 1. The van der Waals surface area contributed by atoms with Crippen molar-refractivity contribution in [2.24, 2.45) is 0 Å². The second-order valence-corrected chi connectivity index (χ2v) is 7.92. The van der Waals surface area contributed by atoms with Gasteiger partial charge in [0.1, 0.15) is 11.5 Å². The zero-order chi connectivity index (χ0) is 22.4. The molecule has 3 aromatic rings. The van der Waals surface area contributed by atoms with E-state index in [0.717, 1.165) is 16.5 Å². The van der Waals surface area contributed by atoms with Crippen LogP contribution in [0.4, 0.5) is 0 Å². The van der Waals surface area contributed by atoms with Crippen LogP contribution in [0.3, 0.4) is 0 Å². The van der Waals surface area contributed by atoms with Crippen molar-refractivity contribution in [3.8, 4) is 17.6 Å². The number of aromatic nitrogens is 1. The lowest BCUT2D eigenvalue weighted by Gasteiger charge is -2.25. The Hall–Kier alpha value is -3.27. The molecule has 0 aliphatic carbocycles. The number of aliphatic hydroxyl groups excluding tert-OH is 1. The maximum absolute atomic E-state index is 13.1. The van der Waals surface area contributed by atoms with Crippen LogP contribution < -0.4 is 10.1 Å². The zero-order valence-electron chi connectivity index (χ0n) is 18.0. The van der Waals surface area contributed by atoms with Crippen molar-refractivity contribution >= 4 is 16.8 Å². The van der Waals surface area contributed by atoms with Gasteiger partial charge in [0.2, 0.25) is 0 Å². The van der Waals surface area contributed by atoms with E-state index in [0.29, 0.717) is 23.3 Å². The lowest BCUT2D eigenvalue weighted by Crippen LogP contribution is -2.47. The number of hydrogen-bond donors (Lipinski definition) is 4. The van der Waals surface area contributed by atoms with E-state index < -0.39 is 11.6 Å². The molecule has 0 aliphatic rings. The number of nitrogens with one attached hydrogen (secondary N) is 2. The largest absolute Gasteiger partial charge is 0.490 e. The zero-order valence-corrected chi connectivity index (χ0v) is 18.0. The molecule has 6 heteroatoms. The predicted octanol–water partition coefficient (Wildman–Crippen LogP) is 3.37. The maximum Gasteiger partial charge on any atom is 0.257 e. The van der Waals surface area contributed by atoms with Gasteiger partial charge in [-0.1, -0.05) is 30.0 Å². The number of hydrogen-bond acceptors (Lipinski definition) is 4. The van der Waals surface area contributed by atoms with Crippen LogP contribution in [-0.2, 0) is 6.42 Å². The molecule has 0 aliphatic heterocycles. The van der Waals surface area contributed by atoms with Crippen LogP contribution in [-0.4, -0.2) is 39.5 Å². The number of aromatic amines is 1. The standard InChI is InChI=1S/C25H28N2O4/c1-17(2)31-23-12-11-18(8-6-7-13-28)14-21(23)24(29)27-25(3,30)15-19-16-26-22-10-5-4-9-20(19)22/h4-5,9-12,14,16-17,26,28,30H,7,13,15H2,1-3H3,(H,27,29)/t25-/m1/s1. The first kappa shape index (κ1) is 22.4. The number of amides is 1. The van der Waals surface area contributed by atoms with Crippen molar-refractivity contribution in [3.63, 3.8) is 0 Å². The first-order valence-electron chi connectivity index (χ1n) is 10.3. The first-order chi connectivity index (χ1) is 14.8. The molecule has 0 radical (unpaired) electrons. The second kappa shape index (κ2) is 9.69. The van der Waals surface area contributed by atoms with E-state index in [1.54, 1.807) is 25.1 Å². The van der Waals surface area contributed by atoms with Gasteiger partial charge in [0.05, 0.1) is 18.3 Å². The fraction of sp³-hybridized carbons (Fsp3) is 0.320. The van der Waals surface area contributed by atoms with Gasteiger partial charge in [0.25, 0.3) is 5.91 Å². The van der Waals surface area contributed by atoms with Gasteiger partial charge < -0.3 is 25.3 Å². The minimum absolute atomic E-state index is 0.0222. The average molecular weight is 421 g/mol. The Labute approximate surface area is 182 Å². The van der Waals surface area contributed by atoms with E-state index in [1.807, 2.05) is 44.3 Å². The van der Waals surface area contributed by atoms with Crippen molar-refractivity contribution in [1.29, 1.82) is 0 Å². The number of benzene rings is 2. The minimum Gasteiger partial charge on any atom is -0.490 e. The normalized spacial score (nSPS) is 12.8. The lowest BCUT2D eigenvalue weighted by atomic mass is 10.0. The van der Waals surface area contributed by atoms with Gasteiger partial charge in [-0.2, -0.15) is 0 Å². The van der Waals surface area contributed by atoms with E-state index in [-0.39, 0.29) is 19.1 Å². The van der Waals surface area contributed by atoms with Crippen LogP contribution in [0.25, 0.3) is 10.9 Å². The van der Waals surface area contributed by atoms with Crippen LogP contribution >= 0.6 is 0 Å². The molecule has 1 heterocycles. The quantitative estimate of drug-likeness (QED) is 0.348. The van der Waals surface area contributed by atoms with E-state index in [4.69, 9.17) is 9.84 Å². The molecule has 0 saturated heterocycles. The third-order valence-corrected chi connectivity index (χ3v) is 4.65. The highest BCUT2D eigenvalue weighted by atomic mass is 16.5. The molecular weight excluding hydrogens is 392 g/mol. The predicted molar refractivity (Wildman–Crippen MR) is 121 cm³/mol. The molecule has 0 saturated carbocycles. The van der Waals surface area contributed by atoms with Crippen molar-refractivity contribution in [1.82, 2.24) is 10.3 Å². The van der Waals surface area contributed by atoms with Crippen LogP contribution in [0, 0.1) is 11.8 Å². The third-order valence-electron chi connectivity index (χ3n) is 4.65. The lowest BCUT2D eigenvalue weighted by molar-refractivity contribution is 0.0234. The molecule has 0 spiro atoms. The summed E-state index contributed by atoms with van der Waals surface area (Å²) in [7, 11) is 0. The Kier molecular flexibility index (Phi) is 7.01.